The molecule has 0 bridgehead atoms. The molecule has 0 saturated heterocycles. The van der Waals surface area contributed by atoms with Crippen LogP contribution in [0.1, 0.15) is 53.4 Å². The maximum absolute atomic E-state index is 3.64. The molecule has 0 nitrogen and oxygen atoms in total. The Labute approximate surface area is 85.3 Å². The minimum Gasteiger partial charge on any atom is -0.341 e. The Hall–Kier alpha value is 0.597. The molecule has 0 atom stereocenters. The fourth-order valence-electron chi connectivity index (χ4n) is 0.500. The molecule has 0 radical (unpaired) electrons. The van der Waals surface area contributed by atoms with Crippen LogP contribution < -0.4 is 18.9 Å². The van der Waals surface area contributed by atoms with Crippen molar-refractivity contribution in [2.24, 2.45) is 5.92 Å². The van der Waals surface area contributed by atoms with Gasteiger partial charge in [0.1, 0.15) is 0 Å². The van der Waals surface area contributed by atoms with Crippen LogP contribution in [-0.4, -0.2) is 0 Å². The van der Waals surface area contributed by atoms with Gasteiger partial charge in [0.05, 0.1) is 0 Å². The summed E-state index contributed by atoms with van der Waals surface area (Å²) in [5, 5.41) is 0. The molecule has 0 aliphatic carbocycles. The third-order valence-electron chi connectivity index (χ3n) is 0.957. The van der Waals surface area contributed by atoms with Crippen LogP contribution in [0.25, 0.3) is 0 Å². The molecule has 0 spiro atoms. The van der Waals surface area contributed by atoms with Crippen molar-refractivity contribution >= 4 is 0 Å². The van der Waals surface area contributed by atoms with Crippen molar-refractivity contribution < 1.29 is 18.9 Å². The van der Waals surface area contributed by atoms with Crippen molar-refractivity contribution in [1.82, 2.24) is 0 Å². The van der Waals surface area contributed by atoms with Crippen molar-refractivity contribution in [2.75, 3.05) is 0 Å². The molecule has 11 heavy (non-hydrogen) atoms. The van der Waals surface area contributed by atoms with Crippen LogP contribution in [0.15, 0.2) is 0 Å². The second-order valence-corrected chi connectivity index (χ2v) is 3.10. The molecule has 0 aliphatic rings. The summed E-state index contributed by atoms with van der Waals surface area (Å²) >= 11 is 0. The van der Waals surface area contributed by atoms with Crippen molar-refractivity contribution in [3.8, 4) is 0 Å². The topological polar surface area (TPSA) is 0 Å². The van der Waals surface area contributed by atoms with Crippen LogP contribution in [0.2, 0.25) is 0 Å². The molecule has 0 fully saturated rings. The van der Waals surface area contributed by atoms with Gasteiger partial charge in [-0.05, 0) is 0 Å². The number of unbranched alkanes of at least 4 members (excludes halogenated alkanes) is 3. The second kappa shape index (κ2) is 16.9. The summed E-state index contributed by atoms with van der Waals surface area (Å²) in [5.41, 5.74) is 0. The molecule has 0 aliphatic heterocycles. The molecular formula is C10H23Li. The van der Waals surface area contributed by atoms with E-state index in [0.717, 1.165) is 0 Å². The van der Waals surface area contributed by atoms with Gasteiger partial charge in [-0.1, -0.05) is 53.4 Å². The zero-order valence-electron chi connectivity index (χ0n) is 9.11. The molecule has 0 N–H and O–H groups in total. The molecule has 0 unspecified atom stereocenters. The summed E-state index contributed by atoms with van der Waals surface area (Å²) < 4.78 is 0. The predicted octanol–water partition coefficient (Wildman–Crippen LogP) is 1.07. The number of hydrogen-bond acceptors (Lipinski definition) is 0. The van der Waals surface area contributed by atoms with Gasteiger partial charge in [-0.25, -0.2) is 0 Å². The summed E-state index contributed by atoms with van der Waals surface area (Å²) in [6, 6.07) is 0. The van der Waals surface area contributed by atoms with Gasteiger partial charge >= 0.3 is 18.9 Å². The zero-order chi connectivity index (χ0) is 8.41. The third-order valence-corrected chi connectivity index (χ3v) is 0.957. The van der Waals surface area contributed by atoms with E-state index in [0.29, 0.717) is 5.92 Å². The van der Waals surface area contributed by atoms with E-state index in [2.05, 4.69) is 34.6 Å². The molecule has 1 heteroatoms. The van der Waals surface area contributed by atoms with E-state index in [1.807, 2.05) is 0 Å². The van der Waals surface area contributed by atoms with E-state index in [-0.39, 0.29) is 18.9 Å². The summed E-state index contributed by atoms with van der Waals surface area (Å²) in [6.07, 6.45) is 5.54. The van der Waals surface area contributed by atoms with Crippen LogP contribution in [0.5, 0.6) is 0 Å². The van der Waals surface area contributed by atoms with E-state index >= 15 is 0 Å². The maximum Gasteiger partial charge on any atom is 1.00 e. The summed E-state index contributed by atoms with van der Waals surface area (Å²) in [7, 11) is 0. The van der Waals surface area contributed by atoms with Gasteiger partial charge in [-0.3, -0.25) is 0 Å². The van der Waals surface area contributed by atoms with Gasteiger partial charge in [0, 0.05) is 0 Å². The SMILES string of the molecule is CCCCCC.[CH2-]C(C)C.[Li+]. The Balaban J connectivity index is -0.000000114. The largest absolute Gasteiger partial charge is 1.00 e. The van der Waals surface area contributed by atoms with Gasteiger partial charge in [-0.2, -0.15) is 5.92 Å². The quantitative estimate of drug-likeness (QED) is 0.321. The second-order valence-electron chi connectivity index (χ2n) is 3.10. The Morgan fingerprint density at radius 1 is 1.00 bits per heavy atom. The first-order valence-corrected chi connectivity index (χ1v) is 4.48. The Kier molecular flexibility index (Phi) is 27.1. The monoisotopic (exact) mass is 150 g/mol. The molecule has 0 aromatic rings. The zero-order valence-corrected chi connectivity index (χ0v) is 9.11. The van der Waals surface area contributed by atoms with Gasteiger partial charge in [-0.15, -0.1) is 0 Å². The van der Waals surface area contributed by atoms with E-state index in [1.165, 1.54) is 25.7 Å². The molecule has 0 rings (SSSR count). The first-order valence-electron chi connectivity index (χ1n) is 4.48. The number of hydrogen-bond donors (Lipinski definition) is 0. The molecule has 0 amide bonds. The standard InChI is InChI=1S/C6H14.C4H9.Li/c1-3-5-6-4-2;1-4(2)3;/h3-6H2,1-2H3;4H,1H2,2-3H3;/q;-1;+1. The van der Waals surface area contributed by atoms with Crippen molar-refractivity contribution in [3.05, 3.63) is 6.92 Å². The average Bonchev–Trinajstić information content (AvgIpc) is 1.82. The van der Waals surface area contributed by atoms with Gasteiger partial charge in [0.25, 0.3) is 0 Å². The predicted molar refractivity (Wildman–Crippen MR) is 50.0 cm³/mol. The van der Waals surface area contributed by atoms with Gasteiger partial charge in [0.15, 0.2) is 0 Å². The van der Waals surface area contributed by atoms with Gasteiger partial charge in [0.2, 0.25) is 0 Å². The Morgan fingerprint density at radius 3 is 1.27 bits per heavy atom. The fourth-order valence-corrected chi connectivity index (χ4v) is 0.500. The van der Waals surface area contributed by atoms with E-state index in [4.69, 9.17) is 0 Å². The third kappa shape index (κ3) is 60.5. The van der Waals surface area contributed by atoms with E-state index in [1.54, 1.807) is 0 Å². The van der Waals surface area contributed by atoms with Crippen molar-refractivity contribution in [3.63, 3.8) is 0 Å². The first-order chi connectivity index (χ1) is 4.65. The Morgan fingerprint density at radius 2 is 1.18 bits per heavy atom. The summed E-state index contributed by atoms with van der Waals surface area (Å²) in [5.74, 6) is 0.583. The van der Waals surface area contributed by atoms with Crippen LogP contribution in [0.3, 0.4) is 0 Å². The average molecular weight is 150 g/mol. The van der Waals surface area contributed by atoms with Crippen molar-refractivity contribution in [2.45, 2.75) is 53.4 Å². The smallest absolute Gasteiger partial charge is 0.341 e. The molecule has 0 aromatic heterocycles. The van der Waals surface area contributed by atoms with Gasteiger partial charge < -0.3 is 6.92 Å². The fraction of sp³-hybridized carbons (Fsp3) is 0.900. The van der Waals surface area contributed by atoms with Crippen molar-refractivity contribution in [1.29, 1.82) is 0 Å². The van der Waals surface area contributed by atoms with E-state index < -0.39 is 0 Å². The normalized spacial score (nSPS) is 8.18. The maximum atomic E-state index is 3.64. The first kappa shape index (κ1) is 17.6. The van der Waals surface area contributed by atoms with Crippen LogP contribution in [0, 0.1) is 12.8 Å². The minimum atomic E-state index is 0. The van der Waals surface area contributed by atoms with Crippen LogP contribution in [-0.2, 0) is 0 Å². The summed E-state index contributed by atoms with van der Waals surface area (Å²) in [4.78, 5) is 0. The number of rotatable bonds is 3. The van der Waals surface area contributed by atoms with Crippen LogP contribution in [0.4, 0.5) is 0 Å². The summed E-state index contributed by atoms with van der Waals surface area (Å²) in [6.45, 7) is 12.2. The molecule has 0 saturated carbocycles. The van der Waals surface area contributed by atoms with E-state index in [9.17, 15) is 0 Å². The minimum absolute atomic E-state index is 0. The molecule has 0 heterocycles. The molecule has 0 aromatic carbocycles. The molecule has 64 valence electrons. The Bertz CT molecular complexity index is 35.4. The van der Waals surface area contributed by atoms with Crippen LogP contribution >= 0.6 is 0 Å². The molecular weight excluding hydrogens is 127 g/mol.